The first kappa shape index (κ1) is 19.2. The smallest absolute Gasteiger partial charge is 0.351 e. The van der Waals surface area contributed by atoms with E-state index in [2.05, 4.69) is 0 Å². The first-order chi connectivity index (χ1) is 10.1. The van der Waals surface area contributed by atoms with E-state index in [1.54, 1.807) is 0 Å². The van der Waals surface area contributed by atoms with E-state index in [-0.39, 0.29) is 0 Å². The van der Waals surface area contributed by atoms with Crippen molar-refractivity contribution in [2.24, 2.45) is 0 Å². The Bertz CT molecular complexity index is 635. The van der Waals surface area contributed by atoms with Crippen molar-refractivity contribution in [1.82, 2.24) is 0 Å². The highest BCUT2D eigenvalue weighted by Gasteiger charge is 2.74. The number of alkyl halides is 5. The van der Waals surface area contributed by atoms with Crippen LogP contribution in [-0.2, 0) is 0 Å². The van der Waals surface area contributed by atoms with E-state index in [0.29, 0.717) is 0 Å². The maximum atomic E-state index is 13.3. The lowest BCUT2D eigenvalue weighted by Gasteiger charge is -2.30. The van der Waals surface area contributed by atoms with Gasteiger partial charge in [0.25, 0.3) is 0 Å². The quantitative estimate of drug-likeness (QED) is 0.375. The predicted octanol–water partition coefficient (Wildman–Crippen LogP) is 2.44. The molecule has 0 aliphatic carbocycles. The van der Waals surface area contributed by atoms with E-state index in [1.165, 1.54) is 0 Å². The molecule has 2 N–H and O–H groups in total. The highest BCUT2D eigenvalue weighted by Crippen LogP contribution is 2.44. The molecule has 130 valence electrons. The molecule has 0 aliphatic rings. The number of rotatable bonds is 4. The number of halogens is 10. The van der Waals surface area contributed by atoms with Crippen LogP contribution in [0.4, 0.5) is 43.9 Å². The Balaban J connectivity index is 3.65. The van der Waals surface area contributed by atoms with Crippen LogP contribution >= 0.6 is 0 Å². The van der Waals surface area contributed by atoms with E-state index in [0.717, 1.165) is 0 Å². The minimum atomic E-state index is -6.68. The van der Waals surface area contributed by atoms with Crippen LogP contribution in [0.15, 0.2) is 0 Å². The molecule has 0 saturated carbocycles. The molecule has 0 bridgehead atoms. The summed E-state index contributed by atoms with van der Waals surface area (Å²) in [4.78, 5) is 11.1. The fourth-order valence-corrected chi connectivity index (χ4v) is 1.31. The summed E-state index contributed by atoms with van der Waals surface area (Å²) in [6, 6.07) is 0. The molecular weight excluding hydrogens is 358 g/mol. The molecule has 0 aromatic heterocycles. The second-order valence-electron chi connectivity index (χ2n) is 4.01. The average Bonchev–Trinajstić information content (AvgIpc) is 2.41. The third-order valence-corrected chi connectivity index (χ3v) is 2.53. The van der Waals surface area contributed by atoms with Gasteiger partial charge in [0.15, 0.2) is 23.3 Å². The van der Waals surface area contributed by atoms with Gasteiger partial charge in [-0.1, -0.05) is 0 Å². The summed E-state index contributed by atoms with van der Waals surface area (Å²) in [5, 5.41) is 16.3. The molecule has 1 aromatic carbocycles. The molecular formula is C10H2F10O3. The van der Waals surface area contributed by atoms with Crippen LogP contribution in [0.1, 0.15) is 10.4 Å². The Labute approximate surface area is 118 Å². The van der Waals surface area contributed by atoms with Crippen molar-refractivity contribution < 1.29 is 58.9 Å². The van der Waals surface area contributed by atoms with Crippen molar-refractivity contribution in [3.8, 4) is 0 Å². The fourth-order valence-electron chi connectivity index (χ4n) is 1.31. The Morgan fingerprint density at radius 3 is 1.30 bits per heavy atom. The van der Waals surface area contributed by atoms with Gasteiger partial charge in [-0.15, -0.1) is 0 Å². The number of carbonyl (C=O) groups is 1. The number of aliphatic hydroxyl groups is 2. The molecule has 1 unspecified atom stereocenters. The summed E-state index contributed by atoms with van der Waals surface area (Å²) >= 11 is 0. The van der Waals surface area contributed by atoms with Crippen molar-refractivity contribution in [1.29, 1.82) is 0 Å². The summed E-state index contributed by atoms with van der Waals surface area (Å²) in [7, 11) is 0. The maximum Gasteiger partial charge on any atom is 0.423 e. The van der Waals surface area contributed by atoms with Crippen LogP contribution in [0, 0.1) is 29.1 Å². The molecule has 23 heavy (non-hydrogen) atoms. The largest absolute Gasteiger partial charge is 0.423 e. The van der Waals surface area contributed by atoms with Gasteiger partial charge in [0.05, 0.1) is 0 Å². The van der Waals surface area contributed by atoms with Crippen LogP contribution in [0.25, 0.3) is 0 Å². The van der Waals surface area contributed by atoms with Crippen molar-refractivity contribution >= 4 is 5.78 Å². The van der Waals surface area contributed by atoms with Gasteiger partial charge < -0.3 is 10.2 Å². The van der Waals surface area contributed by atoms with E-state index in [4.69, 9.17) is 10.2 Å². The SMILES string of the molecule is O=C(c1c(F)c(F)c(F)c(F)c1F)C(O)(F)C(F)(F)C(O)(F)F. The first-order valence-electron chi connectivity index (χ1n) is 5.04. The molecule has 0 saturated heterocycles. The minimum Gasteiger partial charge on any atom is -0.351 e. The van der Waals surface area contributed by atoms with Gasteiger partial charge in [0.1, 0.15) is 5.56 Å². The number of hydrogen-bond donors (Lipinski definition) is 2. The van der Waals surface area contributed by atoms with E-state index in [1.807, 2.05) is 0 Å². The van der Waals surface area contributed by atoms with Gasteiger partial charge in [0, 0.05) is 0 Å². The number of ketones is 1. The normalized spacial score (nSPS) is 15.5. The predicted molar refractivity (Wildman–Crippen MR) is 48.7 cm³/mol. The fraction of sp³-hybridized carbons (Fsp3) is 0.300. The average molecular weight is 360 g/mol. The summed E-state index contributed by atoms with van der Waals surface area (Å²) in [5.74, 6) is -31.5. The Hall–Kier alpha value is -1.89. The number of carbonyl (C=O) groups excluding carboxylic acids is 1. The summed E-state index contributed by atoms with van der Waals surface area (Å²) in [5.41, 5.74) is -2.93. The molecule has 0 amide bonds. The molecule has 0 spiro atoms. The van der Waals surface area contributed by atoms with Crippen LogP contribution < -0.4 is 0 Å². The van der Waals surface area contributed by atoms with Crippen LogP contribution in [0.5, 0.6) is 0 Å². The topological polar surface area (TPSA) is 57.5 Å². The number of hydrogen-bond acceptors (Lipinski definition) is 3. The molecule has 0 fully saturated rings. The standard InChI is InChI=1S/C10H2F10O3/c11-2-1(3(12)5(14)6(15)4(2)13)7(21)8(16,22)9(17,18)10(19,20)23/h22-23H. The summed E-state index contributed by atoms with van der Waals surface area (Å²) in [6.07, 6.45) is -6.42. The van der Waals surface area contributed by atoms with Crippen molar-refractivity contribution in [2.45, 2.75) is 17.9 Å². The van der Waals surface area contributed by atoms with Crippen LogP contribution in [-0.4, -0.2) is 33.9 Å². The highest BCUT2D eigenvalue weighted by molar-refractivity contribution is 6.02. The van der Waals surface area contributed by atoms with Gasteiger partial charge >= 0.3 is 17.9 Å². The zero-order valence-electron chi connectivity index (χ0n) is 10.1. The van der Waals surface area contributed by atoms with E-state index in [9.17, 15) is 48.7 Å². The molecule has 1 aromatic rings. The molecule has 13 heteroatoms. The van der Waals surface area contributed by atoms with Crippen molar-refractivity contribution in [3.05, 3.63) is 34.6 Å². The molecule has 3 nitrogen and oxygen atoms in total. The zero-order chi connectivity index (χ0) is 18.5. The van der Waals surface area contributed by atoms with Gasteiger partial charge in [-0.05, 0) is 0 Å². The lowest BCUT2D eigenvalue weighted by Crippen LogP contribution is -2.60. The third-order valence-electron chi connectivity index (χ3n) is 2.53. The van der Waals surface area contributed by atoms with Crippen molar-refractivity contribution in [3.63, 3.8) is 0 Å². The van der Waals surface area contributed by atoms with Gasteiger partial charge in [-0.3, -0.25) is 4.79 Å². The zero-order valence-corrected chi connectivity index (χ0v) is 10.1. The first-order valence-corrected chi connectivity index (χ1v) is 5.04. The lowest BCUT2D eigenvalue weighted by molar-refractivity contribution is -0.383. The second-order valence-corrected chi connectivity index (χ2v) is 4.01. The van der Waals surface area contributed by atoms with Crippen LogP contribution in [0.2, 0.25) is 0 Å². The molecule has 0 heterocycles. The van der Waals surface area contributed by atoms with E-state index >= 15 is 0 Å². The lowest BCUT2D eigenvalue weighted by atomic mass is 9.97. The number of Topliss-reactive ketones (excluding diaryl/α,β-unsaturated/α-hetero) is 1. The van der Waals surface area contributed by atoms with Crippen molar-refractivity contribution in [2.75, 3.05) is 0 Å². The second kappa shape index (κ2) is 5.33. The van der Waals surface area contributed by atoms with E-state index < -0.39 is 58.3 Å². The molecule has 0 radical (unpaired) electrons. The van der Waals surface area contributed by atoms with Gasteiger partial charge in [0.2, 0.25) is 11.6 Å². The Morgan fingerprint density at radius 1 is 0.696 bits per heavy atom. The Kier molecular flexibility index (Phi) is 4.44. The monoisotopic (exact) mass is 360 g/mol. The summed E-state index contributed by atoms with van der Waals surface area (Å²) < 4.78 is 128. The minimum absolute atomic E-state index is 2.86. The van der Waals surface area contributed by atoms with Gasteiger partial charge in [-0.25, -0.2) is 22.0 Å². The molecule has 0 aliphatic heterocycles. The van der Waals surface area contributed by atoms with Crippen LogP contribution in [0.3, 0.4) is 0 Å². The highest BCUT2D eigenvalue weighted by atomic mass is 19.3. The molecule has 1 rings (SSSR count). The van der Waals surface area contributed by atoms with Gasteiger partial charge in [-0.2, -0.15) is 22.0 Å². The number of benzene rings is 1. The summed E-state index contributed by atoms with van der Waals surface area (Å²) in [6.45, 7) is 0. The third kappa shape index (κ3) is 2.63. The Morgan fingerprint density at radius 2 is 1.00 bits per heavy atom. The molecule has 1 atom stereocenters. The maximum absolute atomic E-state index is 13.3.